The molecular weight excluding hydrogens is 422 g/mol. The number of ether oxygens (including phenoxy) is 1. The van der Waals surface area contributed by atoms with E-state index in [1.54, 1.807) is 52.6 Å². The highest BCUT2D eigenvalue weighted by Crippen LogP contribution is 2.28. The molecule has 0 aliphatic carbocycles. The molecule has 3 aromatic heterocycles. The van der Waals surface area contributed by atoms with E-state index in [-0.39, 0.29) is 18.8 Å². The fourth-order valence-corrected chi connectivity index (χ4v) is 3.14. The minimum Gasteiger partial charge on any atom is -0.487 e. The minimum absolute atomic E-state index is 0.00182. The molecular formula is C22H23N9O2. The summed E-state index contributed by atoms with van der Waals surface area (Å²) in [6, 6.07) is 7.41. The standard InChI is InChI=1S/C22H23N9O2/c1-15(14-32)31-13-20(11-27-31)28-22-24-9-19(10-25-22)17-3-4-18(8-23)21(7-17)33-16(2)12-30-6-5-26-29-30/h3-7,9-11,13,15-16,32H,12,14H2,1-2H3,(H,24,25,28). The van der Waals surface area contributed by atoms with Crippen molar-refractivity contribution >= 4 is 11.6 Å². The third kappa shape index (κ3) is 5.31. The largest absolute Gasteiger partial charge is 0.487 e. The Hall–Kier alpha value is -4.30. The summed E-state index contributed by atoms with van der Waals surface area (Å²) in [5.41, 5.74) is 2.77. The normalized spacial score (nSPS) is 12.7. The molecule has 2 unspecified atom stereocenters. The van der Waals surface area contributed by atoms with Crippen molar-refractivity contribution in [1.82, 2.24) is 34.7 Å². The van der Waals surface area contributed by atoms with Crippen LogP contribution < -0.4 is 10.1 Å². The first-order chi connectivity index (χ1) is 16.1. The molecule has 0 radical (unpaired) electrons. The summed E-state index contributed by atoms with van der Waals surface area (Å²) in [6.07, 6.45) is 9.96. The van der Waals surface area contributed by atoms with Crippen LogP contribution in [0.2, 0.25) is 0 Å². The van der Waals surface area contributed by atoms with Gasteiger partial charge in [0.2, 0.25) is 5.95 Å². The maximum atomic E-state index is 9.47. The van der Waals surface area contributed by atoms with Crippen molar-refractivity contribution < 1.29 is 9.84 Å². The van der Waals surface area contributed by atoms with Gasteiger partial charge in [0, 0.05) is 30.4 Å². The Bertz CT molecular complexity index is 1230. The maximum absolute atomic E-state index is 9.47. The molecule has 11 nitrogen and oxygen atoms in total. The van der Waals surface area contributed by atoms with E-state index in [1.165, 1.54) is 0 Å². The van der Waals surface area contributed by atoms with Crippen LogP contribution in [0.3, 0.4) is 0 Å². The van der Waals surface area contributed by atoms with Gasteiger partial charge in [-0.25, -0.2) is 14.6 Å². The second-order valence-electron chi connectivity index (χ2n) is 7.54. The molecule has 2 N–H and O–H groups in total. The summed E-state index contributed by atoms with van der Waals surface area (Å²) in [7, 11) is 0. The van der Waals surface area contributed by atoms with Gasteiger partial charge in [-0.1, -0.05) is 11.3 Å². The first-order valence-corrected chi connectivity index (χ1v) is 10.3. The van der Waals surface area contributed by atoms with E-state index in [1.807, 2.05) is 26.0 Å². The molecule has 2 atom stereocenters. The Morgan fingerprint density at radius 3 is 2.70 bits per heavy atom. The number of aliphatic hydroxyl groups is 1. The Morgan fingerprint density at radius 1 is 1.18 bits per heavy atom. The molecule has 0 aliphatic heterocycles. The highest BCUT2D eigenvalue weighted by atomic mass is 16.5. The van der Waals surface area contributed by atoms with Gasteiger partial charge in [-0.2, -0.15) is 10.4 Å². The zero-order chi connectivity index (χ0) is 23.2. The lowest BCUT2D eigenvalue weighted by atomic mass is 10.1. The lowest BCUT2D eigenvalue weighted by molar-refractivity contribution is 0.192. The zero-order valence-electron chi connectivity index (χ0n) is 18.2. The van der Waals surface area contributed by atoms with Gasteiger partial charge in [0.15, 0.2) is 0 Å². The van der Waals surface area contributed by atoms with Crippen LogP contribution in [0.4, 0.5) is 11.6 Å². The van der Waals surface area contributed by atoms with E-state index >= 15 is 0 Å². The number of benzene rings is 1. The van der Waals surface area contributed by atoms with E-state index < -0.39 is 0 Å². The van der Waals surface area contributed by atoms with Crippen LogP contribution in [-0.4, -0.2) is 52.6 Å². The van der Waals surface area contributed by atoms with Gasteiger partial charge >= 0.3 is 0 Å². The monoisotopic (exact) mass is 445 g/mol. The average Bonchev–Trinajstić information content (AvgIpc) is 3.51. The van der Waals surface area contributed by atoms with E-state index in [0.29, 0.717) is 23.8 Å². The van der Waals surface area contributed by atoms with Crippen LogP contribution in [0.1, 0.15) is 25.5 Å². The van der Waals surface area contributed by atoms with Crippen LogP contribution in [0.15, 0.2) is 55.4 Å². The minimum atomic E-state index is -0.216. The molecule has 168 valence electrons. The van der Waals surface area contributed by atoms with Gasteiger partial charge in [-0.15, -0.1) is 5.10 Å². The molecule has 0 amide bonds. The summed E-state index contributed by atoms with van der Waals surface area (Å²) in [4.78, 5) is 8.75. The lowest BCUT2D eigenvalue weighted by Crippen LogP contribution is -2.20. The zero-order valence-corrected chi connectivity index (χ0v) is 18.2. The second kappa shape index (κ2) is 9.88. The average molecular weight is 445 g/mol. The molecule has 0 aliphatic rings. The predicted molar refractivity (Wildman–Crippen MR) is 120 cm³/mol. The van der Waals surface area contributed by atoms with E-state index in [2.05, 4.69) is 36.8 Å². The van der Waals surface area contributed by atoms with Crippen LogP contribution in [0, 0.1) is 11.3 Å². The molecule has 4 aromatic rings. The number of hydrogen-bond acceptors (Lipinski definition) is 9. The molecule has 0 fully saturated rings. The maximum Gasteiger partial charge on any atom is 0.227 e. The number of anilines is 2. The van der Waals surface area contributed by atoms with Gasteiger partial charge in [0.25, 0.3) is 0 Å². The predicted octanol–water partition coefficient (Wildman–Crippen LogP) is 2.57. The van der Waals surface area contributed by atoms with E-state index in [0.717, 1.165) is 16.8 Å². The fourth-order valence-electron chi connectivity index (χ4n) is 3.14. The van der Waals surface area contributed by atoms with Crippen molar-refractivity contribution in [3.8, 4) is 22.9 Å². The van der Waals surface area contributed by atoms with Crippen molar-refractivity contribution in [3.63, 3.8) is 0 Å². The van der Waals surface area contributed by atoms with Gasteiger partial charge in [-0.3, -0.25) is 4.68 Å². The molecule has 11 heteroatoms. The Kier molecular flexibility index (Phi) is 6.56. The van der Waals surface area contributed by atoms with Crippen LogP contribution >= 0.6 is 0 Å². The molecule has 3 heterocycles. The Labute approximate surface area is 190 Å². The van der Waals surface area contributed by atoms with Crippen LogP contribution in [0.5, 0.6) is 5.75 Å². The third-order valence-electron chi connectivity index (χ3n) is 4.90. The second-order valence-corrected chi connectivity index (χ2v) is 7.54. The van der Waals surface area contributed by atoms with Gasteiger partial charge < -0.3 is 15.2 Å². The fraction of sp³-hybridized carbons (Fsp3) is 0.273. The SMILES string of the molecule is CC(Cn1ccnn1)Oc1cc(-c2cnc(Nc3cnn(C(C)CO)c3)nc2)ccc1C#N. The smallest absolute Gasteiger partial charge is 0.227 e. The molecule has 0 saturated heterocycles. The first kappa shape index (κ1) is 21.9. The van der Waals surface area contributed by atoms with Crippen molar-refractivity contribution in [2.75, 3.05) is 11.9 Å². The number of aromatic nitrogens is 7. The number of nitrogens with one attached hydrogen (secondary N) is 1. The molecule has 0 saturated carbocycles. The molecule has 1 aromatic carbocycles. The van der Waals surface area contributed by atoms with Crippen molar-refractivity contribution in [3.05, 3.63) is 60.9 Å². The van der Waals surface area contributed by atoms with Gasteiger partial charge in [-0.05, 0) is 31.5 Å². The van der Waals surface area contributed by atoms with Gasteiger partial charge in [0.1, 0.15) is 17.9 Å². The number of aliphatic hydroxyl groups excluding tert-OH is 1. The summed E-state index contributed by atoms with van der Waals surface area (Å²) in [5, 5.41) is 33.7. The molecule has 4 rings (SSSR count). The number of rotatable bonds is 9. The Morgan fingerprint density at radius 2 is 2.00 bits per heavy atom. The molecule has 0 spiro atoms. The summed E-state index contributed by atoms with van der Waals surface area (Å²) in [5.74, 6) is 0.900. The van der Waals surface area contributed by atoms with Crippen molar-refractivity contribution in [2.24, 2.45) is 0 Å². The summed E-state index contributed by atoms with van der Waals surface area (Å²) >= 11 is 0. The van der Waals surface area contributed by atoms with E-state index in [9.17, 15) is 10.4 Å². The topological polar surface area (TPSA) is 140 Å². The number of nitrogens with zero attached hydrogens (tertiary/aromatic N) is 8. The highest BCUT2D eigenvalue weighted by molar-refractivity contribution is 5.66. The third-order valence-corrected chi connectivity index (χ3v) is 4.90. The number of nitriles is 1. The van der Waals surface area contributed by atoms with Crippen LogP contribution in [0.25, 0.3) is 11.1 Å². The Balaban J connectivity index is 1.47. The van der Waals surface area contributed by atoms with Crippen molar-refractivity contribution in [2.45, 2.75) is 32.5 Å². The van der Waals surface area contributed by atoms with Crippen molar-refractivity contribution in [1.29, 1.82) is 5.26 Å². The van der Waals surface area contributed by atoms with Crippen LogP contribution in [-0.2, 0) is 6.54 Å². The molecule has 0 bridgehead atoms. The van der Waals surface area contributed by atoms with Gasteiger partial charge in [0.05, 0.1) is 42.8 Å². The summed E-state index contributed by atoms with van der Waals surface area (Å²) in [6.45, 7) is 4.28. The number of hydrogen-bond donors (Lipinski definition) is 2. The quantitative estimate of drug-likeness (QED) is 0.398. The van der Waals surface area contributed by atoms with E-state index in [4.69, 9.17) is 4.74 Å². The summed E-state index contributed by atoms with van der Waals surface area (Å²) < 4.78 is 9.35. The lowest BCUT2D eigenvalue weighted by Gasteiger charge is -2.16. The molecule has 33 heavy (non-hydrogen) atoms. The highest BCUT2D eigenvalue weighted by Gasteiger charge is 2.12. The first-order valence-electron chi connectivity index (χ1n) is 10.3.